The average molecular weight is 303 g/mol. The number of rotatable bonds is 5. The molecule has 1 rings (SSSR count). The maximum Gasteiger partial charge on any atom is 0.344 e. The van der Waals surface area contributed by atoms with E-state index in [4.69, 9.17) is 14.7 Å². The second kappa shape index (κ2) is 7.78. The maximum atomic E-state index is 11.5. The van der Waals surface area contributed by atoms with Crippen LogP contribution in [0.3, 0.4) is 0 Å². The van der Waals surface area contributed by atoms with Gasteiger partial charge >= 0.3 is 11.9 Å². The standard InChI is InChI=1S/C15H17N3O4/c1-15(2,3)22-14(20)10-21-12-6-4-11(5-7-12)9-17-18-13(19)8-16/h4-7,9H,10H2,1-3H3,(H,18,19). The largest absolute Gasteiger partial charge is 0.482 e. The molecule has 0 unspecified atom stereocenters. The van der Waals surface area contributed by atoms with E-state index in [-0.39, 0.29) is 6.61 Å². The zero-order chi connectivity index (χ0) is 16.6. The molecule has 0 fully saturated rings. The molecule has 0 bridgehead atoms. The number of nitriles is 1. The van der Waals surface area contributed by atoms with Gasteiger partial charge in [0.2, 0.25) is 0 Å². The van der Waals surface area contributed by atoms with Crippen LogP contribution in [0.1, 0.15) is 26.3 Å². The van der Waals surface area contributed by atoms with Gasteiger partial charge in [0, 0.05) is 0 Å². The molecule has 0 heterocycles. The van der Waals surface area contributed by atoms with E-state index in [0.29, 0.717) is 11.3 Å². The van der Waals surface area contributed by atoms with Crippen LogP contribution in [0.15, 0.2) is 29.4 Å². The van der Waals surface area contributed by atoms with Gasteiger partial charge in [-0.1, -0.05) is 0 Å². The number of nitrogens with one attached hydrogen (secondary N) is 1. The zero-order valence-electron chi connectivity index (χ0n) is 12.6. The van der Waals surface area contributed by atoms with Crippen molar-refractivity contribution in [2.75, 3.05) is 6.61 Å². The lowest BCUT2D eigenvalue weighted by molar-refractivity contribution is -0.157. The summed E-state index contributed by atoms with van der Waals surface area (Å²) in [4.78, 5) is 22.2. The van der Waals surface area contributed by atoms with E-state index >= 15 is 0 Å². The van der Waals surface area contributed by atoms with Crippen molar-refractivity contribution in [3.05, 3.63) is 29.8 Å². The van der Waals surface area contributed by atoms with E-state index in [9.17, 15) is 9.59 Å². The summed E-state index contributed by atoms with van der Waals surface area (Å²) in [6, 6.07) is 8.05. The first-order valence-corrected chi connectivity index (χ1v) is 6.48. The van der Waals surface area contributed by atoms with Crippen LogP contribution in [-0.2, 0) is 14.3 Å². The van der Waals surface area contributed by atoms with Crippen LogP contribution in [0.25, 0.3) is 0 Å². The lowest BCUT2D eigenvalue weighted by Crippen LogP contribution is -2.27. The second-order valence-electron chi connectivity index (χ2n) is 5.26. The highest BCUT2D eigenvalue weighted by atomic mass is 16.6. The zero-order valence-corrected chi connectivity index (χ0v) is 12.6. The molecule has 0 aliphatic rings. The molecule has 1 amide bonds. The Morgan fingerprint density at radius 2 is 1.95 bits per heavy atom. The summed E-state index contributed by atoms with van der Waals surface area (Å²) in [5.74, 6) is -0.782. The summed E-state index contributed by atoms with van der Waals surface area (Å²) >= 11 is 0. The summed E-state index contributed by atoms with van der Waals surface area (Å²) in [7, 11) is 0. The normalized spacial score (nSPS) is 10.8. The number of carbonyl (C=O) groups is 2. The third kappa shape index (κ3) is 7.05. The Bertz CT molecular complexity index is 595. The van der Waals surface area contributed by atoms with E-state index in [1.54, 1.807) is 45.0 Å². The van der Waals surface area contributed by atoms with Gasteiger partial charge in [0.05, 0.1) is 6.21 Å². The van der Waals surface area contributed by atoms with Crippen LogP contribution in [0.5, 0.6) is 5.75 Å². The van der Waals surface area contributed by atoms with Crippen LogP contribution in [0, 0.1) is 11.3 Å². The molecule has 7 nitrogen and oxygen atoms in total. The number of amides is 1. The summed E-state index contributed by atoms with van der Waals surface area (Å²) in [5.41, 5.74) is 2.18. The Kier molecular flexibility index (Phi) is 6.08. The van der Waals surface area contributed by atoms with Crippen molar-refractivity contribution >= 4 is 18.1 Å². The number of carbonyl (C=O) groups excluding carboxylic acids is 2. The fraction of sp³-hybridized carbons (Fsp3) is 0.333. The summed E-state index contributed by atoms with van der Waals surface area (Å²) in [5, 5.41) is 11.8. The van der Waals surface area contributed by atoms with Gasteiger partial charge < -0.3 is 9.47 Å². The van der Waals surface area contributed by atoms with Gasteiger partial charge in [-0.15, -0.1) is 0 Å². The SMILES string of the molecule is CC(C)(C)OC(=O)COc1ccc(C=NNC(=O)C#N)cc1. The van der Waals surface area contributed by atoms with Gasteiger partial charge in [-0.2, -0.15) is 10.4 Å². The third-order valence-electron chi connectivity index (χ3n) is 2.14. The molecule has 0 aromatic heterocycles. The number of esters is 1. The van der Waals surface area contributed by atoms with Gasteiger partial charge in [-0.3, -0.25) is 4.79 Å². The first kappa shape index (κ1) is 17.2. The Labute approximate surface area is 128 Å². The van der Waals surface area contributed by atoms with Gasteiger partial charge in [-0.25, -0.2) is 10.2 Å². The molecule has 0 aliphatic carbocycles. The predicted octanol–water partition coefficient (Wildman–Crippen LogP) is 1.38. The molecule has 0 radical (unpaired) electrons. The molecule has 0 saturated heterocycles. The third-order valence-corrected chi connectivity index (χ3v) is 2.14. The molecule has 116 valence electrons. The summed E-state index contributed by atoms with van der Waals surface area (Å²) < 4.78 is 10.4. The van der Waals surface area contributed by atoms with Gasteiger partial charge in [-0.05, 0) is 50.6 Å². The molecule has 1 aromatic rings. The van der Waals surface area contributed by atoms with Gasteiger partial charge in [0.25, 0.3) is 0 Å². The number of hydrogen-bond acceptors (Lipinski definition) is 6. The molecule has 0 atom stereocenters. The van der Waals surface area contributed by atoms with E-state index in [0.717, 1.165) is 0 Å². The van der Waals surface area contributed by atoms with E-state index in [1.807, 2.05) is 5.43 Å². The number of nitrogens with zero attached hydrogens (tertiary/aromatic N) is 2. The number of hydrogen-bond donors (Lipinski definition) is 1. The average Bonchev–Trinajstić information content (AvgIpc) is 2.44. The molecule has 0 spiro atoms. The predicted molar refractivity (Wildman–Crippen MR) is 79.1 cm³/mol. The van der Waals surface area contributed by atoms with Crippen molar-refractivity contribution in [3.63, 3.8) is 0 Å². The molecule has 1 N–H and O–H groups in total. The van der Waals surface area contributed by atoms with Crippen molar-refractivity contribution in [1.82, 2.24) is 5.43 Å². The van der Waals surface area contributed by atoms with Gasteiger partial charge in [0.15, 0.2) is 12.7 Å². The van der Waals surface area contributed by atoms with Crippen LogP contribution in [0.2, 0.25) is 0 Å². The van der Waals surface area contributed by atoms with Crippen LogP contribution >= 0.6 is 0 Å². The topological polar surface area (TPSA) is 101 Å². The molecule has 0 aliphatic heterocycles. The lowest BCUT2D eigenvalue weighted by Gasteiger charge is -2.19. The Hall–Kier alpha value is -2.88. The fourth-order valence-electron chi connectivity index (χ4n) is 1.35. The first-order chi connectivity index (χ1) is 10.3. The van der Waals surface area contributed by atoms with E-state index in [2.05, 4.69) is 5.10 Å². The molecular weight excluding hydrogens is 286 g/mol. The smallest absolute Gasteiger partial charge is 0.344 e. The monoisotopic (exact) mass is 303 g/mol. The lowest BCUT2D eigenvalue weighted by atomic mass is 10.2. The fourth-order valence-corrected chi connectivity index (χ4v) is 1.35. The highest BCUT2D eigenvalue weighted by Crippen LogP contribution is 2.12. The second-order valence-corrected chi connectivity index (χ2v) is 5.26. The van der Waals surface area contributed by atoms with Crippen molar-refractivity contribution in [1.29, 1.82) is 5.26 Å². The van der Waals surface area contributed by atoms with E-state index in [1.165, 1.54) is 12.3 Å². The molecule has 7 heteroatoms. The molecule has 1 aromatic carbocycles. The summed E-state index contributed by atoms with van der Waals surface area (Å²) in [6.07, 6.45) is 1.38. The number of ether oxygens (including phenoxy) is 2. The van der Waals surface area contributed by atoms with Crippen LogP contribution in [0.4, 0.5) is 0 Å². The quantitative estimate of drug-likeness (QED) is 0.383. The van der Waals surface area contributed by atoms with Gasteiger partial charge in [0.1, 0.15) is 11.4 Å². The van der Waals surface area contributed by atoms with Crippen molar-refractivity contribution in [2.24, 2.45) is 5.10 Å². The minimum Gasteiger partial charge on any atom is -0.482 e. The highest BCUT2D eigenvalue weighted by Gasteiger charge is 2.16. The molecular formula is C15H17N3O4. The molecule has 22 heavy (non-hydrogen) atoms. The minimum atomic E-state index is -0.839. The Morgan fingerprint density at radius 1 is 1.32 bits per heavy atom. The van der Waals surface area contributed by atoms with Crippen molar-refractivity contribution in [3.8, 4) is 11.8 Å². The highest BCUT2D eigenvalue weighted by molar-refractivity contribution is 5.92. The van der Waals surface area contributed by atoms with Crippen molar-refractivity contribution in [2.45, 2.75) is 26.4 Å². The number of benzene rings is 1. The Morgan fingerprint density at radius 3 is 2.50 bits per heavy atom. The molecule has 0 saturated carbocycles. The van der Waals surface area contributed by atoms with Crippen LogP contribution < -0.4 is 10.2 Å². The first-order valence-electron chi connectivity index (χ1n) is 6.48. The van der Waals surface area contributed by atoms with E-state index < -0.39 is 17.5 Å². The minimum absolute atomic E-state index is 0.178. The Balaban J connectivity index is 2.47. The maximum absolute atomic E-state index is 11.5. The summed E-state index contributed by atoms with van der Waals surface area (Å²) in [6.45, 7) is 5.17. The van der Waals surface area contributed by atoms with Crippen molar-refractivity contribution < 1.29 is 19.1 Å². The number of hydrazone groups is 1. The van der Waals surface area contributed by atoms with Crippen LogP contribution in [-0.4, -0.2) is 30.3 Å².